The first kappa shape index (κ1) is 24.8. The molecular formula is C26H24Cl2FN3O3. The van der Waals surface area contributed by atoms with Gasteiger partial charge in [-0.1, -0.05) is 35.3 Å². The summed E-state index contributed by atoms with van der Waals surface area (Å²) in [5, 5.41) is 0.663. The molecule has 9 heteroatoms. The van der Waals surface area contributed by atoms with E-state index < -0.39 is 11.7 Å². The van der Waals surface area contributed by atoms with Gasteiger partial charge in [-0.3, -0.25) is 20.4 Å². The quantitative estimate of drug-likeness (QED) is 0.388. The Morgan fingerprint density at radius 1 is 1.11 bits per heavy atom. The largest absolute Gasteiger partial charge is 0.487 e. The van der Waals surface area contributed by atoms with E-state index in [0.717, 1.165) is 16.8 Å². The van der Waals surface area contributed by atoms with Crippen LogP contribution in [0.3, 0.4) is 0 Å². The number of nitrogens with one attached hydrogen (secondary N) is 2. The van der Waals surface area contributed by atoms with Crippen LogP contribution in [-0.2, 0) is 16.2 Å². The van der Waals surface area contributed by atoms with Gasteiger partial charge in [0.25, 0.3) is 0 Å². The molecule has 0 aromatic heterocycles. The molecule has 2 N–H and O–H groups in total. The van der Waals surface area contributed by atoms with Crippen molar-refractivity contribution < 1.29 is 18.7 Å². The first-order valence-electron chi connectivity index (χ1n) is 11.0. The molecule has 35 heavy (non-hydrogen) atoms. The fourth-order valence-corrected chi connectivity index (χ4v) is 4.19. The van der Waals surface area contributed by atoms with E-state index in [9.17, 15) is 14.0 Å². The van der Waals surface area contributed by atoms with Crippen LogP contribution in [0.25, 0.3) is 0 Å². The molecule has 1 saturated heterocycles. The first-order chi connectivity index (χ1) is 16.7. The van der Waals surface area contributed by atoms with E-state index in [0.29, 0.717) is 16.5 Å². The number of ether oxygens (including phenoxy) is 1. The van der Waals surface area contributed by atoms with Gasteiger partial charge < -0.3 is 9.64 Å². The molecule has 0 bridgehead atoms. The van der Waals surface area contributed by atoms with Crippen molar-refractivity contribution in [2.24, 2.45) is 5.92 Å². The molecule has 2 amide bonds. The molecule has 0 radical (unpaired) electrons. The molecule has 182 valence electrons. The summed E-state index contributed by atoms with van der Waals surface area (Å²) in [6, 6.07) is 15.0. The summed E-state index contributed by atoms with van der Waals surface area (Å²) in [4.78, 5) is 27.0. The SMILES string of the molecule is Cc1ccc(N2C[C@@H](C(=O)NNc3cc(Cl)ccc3OCc3c(F)cccc3Cl)CC2=O)cc1C. The number of hydrazine groups is 1. The highest BCUT2D eigenvalue weighted by Crippen LogP contribution is 2.30. The lowest BCUT2D eigenvalue weighted by Gasteiger charge is -2.19. The predicted octanol–water partition coefficient (Wildman–Crippen LogP) is 5.82. The molecule has 0 saturated carbocycles. The molecule has 1 aliphatic rings. The lowest BCUT2D eigenvalue weighted by atomic mass is 10.1. The maximum Gasteiger partial charge on any atom is 0.243 e. The second-order valence-corrected chi connectivity index (χ2v) is 9.26. The Morgan fingerprint density at radius 2 is 1.91 bits per heavy atom. The van der Waals surface area contributed by atoms with Crippen LogP contribution in [0, 0.1) is 25.6 Å². The van der Waals surface area contributed by atoms with Crippen LogP contribution < -0.4 is 20.5 Å². The first-order valence-corrected chi connectivity index (χ1v) is 11.8. The number of carbonyl (C=O) groups is 2. The van der Waals surface area contributed by atoms with E-state index in [-0.39, 0.29) is 42.0 Å². The maximum atomic E-state index is 14.1. The summed E-state index contributed by atoms with van der Waals surface area (Å²) in [5.74, 6) is -1.12. The number of rotatable bonds is 7. The normalized spacial score (nSPS) is 15.3. The van der Waals surface area contributed by atoms with Gasteiger partial charge in [0.15, 0.2) is 0 Å². The number of anilines is 2. The third-order valence-electron chi connectivity index (χ3n) is 5.99. The van der Waals surface area contributed by atoms with Crippen LogP contribution in [0.1, 0.15) is 23.1 Å². The summed E-state index contributed by atoms with van der Waals surface area (Å²) >= 11 is 12.2. The van der Waals surface area contributed by atoms with Gasteiger partial charge in [-0.15, -0.1) is 0 Å². The second-order valence-electron chi connectivity index (χ2n) is 8.42. The number of benzene rings is 3. The number of hydrogen-bond acceptors (Lipinski definition) is 4. The predicted molar refractivity (Wildman–Crippen MR) is 135 cm³/mol. The summed E-state index contributed by atoms with van der Waals surface area (Å²) in [6.07, 6.45) is 0.102. The molecule has 1 fully saturated rings. The van der Waals surface area contributed by atoms with Crippen molar-refractivity contribution in [1.29, 1.82) is 0 Å². The Balaban J connectivity index is 1.41. The van der Waals surface area contributed by atoms with Crippen LogP contribution >= 0.6 is 23.2 Å². The van der Waals surface area contributed by atoms with E-state index >= 15 is 0 Å². The van der Waals surface area contributed by atoms with Crippen LogP contribution in [0.15, 0.2) is 54.6 Å². The van der Waals surface area contributed by atoms with Gasteiger partial charge in [-0.25, -0.2) is 4.39 Å². The molecule has 1 atom stereocenters. The smallest absolute Gasteiger partial charge is 0.243 e. The van der Waals surface area contributed by atoms with Gasteiger partial charge in [0.05, 0.1) is 16.6 Å². The van der Waals surface area contributed by atoms with Crippen LogP contribution in [-0.4, -0.2) is 18.4 Å². The van der Waals surface area contributed by atoms with Crippen molar-refractivity contribution in [3.8, 4) is 5.75 Å². The number of hydrogen-bond donors (Lipinski definition) is 2. The molecule has 0 unspecified atom stereocenters. The van der Waals surface area contributed by atoms with Crippen LogP contribution in [0.5, 0.6) is 5.75 Å². The van der Waals surface area contributed by atoms with Crippen molar-refractivity contribution in [3.63, 3.8) is 0 Å². The molecule has 0 aliphatic carbocycles. The van der Waals surface area contributed by atoms with E-state index in [4.69, 9.17) is 27.9 Å². The zero-order chi connectivity index (χ0) is 25.1. The van der Waals surface area contributed by atoms with Crippen molar-refractivity contribution in [3.05, 3.63) is 87.2 Å². The third kappa shape index (κ3) is 5.69. The average Bonchev–Trinajstić information content (AvgIpc) is 3.21. The Kier molecular flexibility index (Phi) is 7.48. The number of aryl methyl sites for hydroxylation is 2. The van der Waals surface area contributed by atoms with E-state index in [2.05, 4.69) is 10.9 Å². The molecule has 3 aromatic rings. The fraction of sp³-hybridized carbons (Fsp3) is 0.231. The number of carbonyl (C=O) groups excluding carboxylic acids is 2. The summed E-state index contributed by atoms with van der Waals surface area (Å²) in [6.45, 7) is 4.15. The molecule has 0 spiro atoms. The van der Waals surface area contributed by atoms with Crippen LogP contribution in [0.2, 0.25) is 10.0 Å². The standard InChI is InChI=1S/C26H24Cl2FN3O3/c1-15-6-8-19(10-16(15)2)32-13-17(11-25(32)33)26(34)31-30-23-12-18(27)7-9-24(23)35-14-20-21(28)4-3-5-22(20)29/h3-10,12,17,30H,11,13-14H2,1-2H3,(H,31,34)/t17-/m0/s1. The molecule has 1 aliphatic heterocycles. The lowest BCUT2D eigenvalue weighted by molar-refractivity contribution is -0.125. The van der Waals surface area contributed by atoms with Gasteiger partial charge in [0, 0.05) is 29.2 Å². The maximum absolute atomic E-state index is 14.1. The highest BCUT2D eigenvalue weighted by molar-refractivity contribution is 6.31. The molecule has 4 rings (SSSR count). The Labute approximate surface area is 212 Å². The fourth-order valence-electron chi connectivity index (χ4n) is 3.80. The Morgan fingerprint density at radius 3 is 2.66 bits per heavy atom. The van der Waals surface area contributed by atoms with Crippen molar-refractivity contribution in [2.75, 3.05) is 16.9 Å². The topological polar surface area (TPSA) is 70.7 Å². The minimum atomic E-state index is -0.530. The van der Waals surface area contributed by atoms with Crippen molar-refractivity contribution in [2.45, 2.75) is 26.9 Å². The lowest BCUT2D eigenvalue weighted by Crippen LogP contribution is -2.36. The number of halogens is 3. The average molecular weight is 516 g/mol. The summed E-state index contributed by atoms with van der Waals surface area (Å²) in [7, 11) is 0. The Hall–Kier alpha value is -3.29. The van der Waals surface area contributed by atoms with Gasteiger partial charge in [-0.05, 0) is 67.4 Å². The number of nitrogens with zero attached hydrogens (tertiary/aromatic N) is 1. The van der Waals surface area contributed by atoms with E-state index in [1.165, 1.54) is 12.1 Å². The molecule has 1 heterocycles. The highest BCUT2D eigenvalue weighted by Gasteiger charge is 2.35. The zero-order valence-corrected chi connectivity index (χ0v) is 20.7. The summed E-state index contributed by atoms with van der Waals surface area (Å²) < 4.78 is 19.8. The van der Waals surface area contributed by atoms with Gasteiger partial charge >= 0.3 is 0 Å². The van der Waals surface area contributed by atoms with Gasteiger partial charge in [0.1, 0.15) is 18.2 Å². The van der Waals surface area contributed by atoms with Crippen molar-refractivity contribution in [1.82, 2.24) is 5.43 Å². The Bertz CT molecular complexity index is 1260. The van der Waals surface area contributed by atoms with Crippen molar-refractivity contribution >= 4 is 46.4 Å². The van der Waals surface area contributed by atoms with Gasteiger partial charge in [0.2, 0.25) is 11.8 Å². The highest BCUT2D eigenvalue weighted by atomic mass is 35.5. The van der Waals surface area contributed by atoms with E-state index in [1.807, 2.05) is 32.0 Å². The summed E-state index contributed by atoms with van der Waals surface area (Å²) in [5.41, 5.74) is 9.04. The van der Waals surface area contributed by atoms with Gasteiger partial charge in [-0.2, -0.15) is 0 Å². The molecule has 3 aromatic carbocycles. The third-order valence-corrected chi connectivity index (χ3v) is 6.58. The molecule has 6 nitrogen and oxygen atoms in total. The number of amides is 2. The second kappa shape index (κ2) is 10.5. The van der Waals surface area contributed by atoms with Crippen LogP contribution in [0.4, 0.5) is 15.8 Å². The monoisotopic (exact) mass is 515 g/mol. The molecular weight excluding hydrogens is 492 g/mol. The minimum Gasteiger partial charge on any atom is -0.487 e. The minimum absolute atomic E-state index is 0.102. The zero-order valence-electron chi connectivity index (χ0n) is 19.2. The van der Waals surface area contributed by atoms with E-state index in [1.54, 1.807) is 29.2 Å².